The first kappa shape index (κ1) is 17.4. The predicted molar refractivity (Wildman–Crippen MR) is 100 cm³/mol. The molecule has 2 aromatic rings. The van der Waals surface area contributed by atoms with Gasteiger partial charge in [-0.15, -0.1) is 0 Å². The zero-order chi connectivity index (χ0) is 18.3. The molecule has 0 unspecified atom stereocenters. The molecule has 136 valence electrons. The molecule has 26 heavy (non-hydrogen) atoms. The molecule has 0 spiro atoms. The van der Waals surface area contributed by atoms with Gasteiger partial charge in [0, 0.05) is 24.5 Å². The number of carbonyl (C=O) groups is 1. The van der Waals surface area contributed by atoms with Gasteiger partial charge >= 0.3 is 0 Å². The summed E-state index contributed by atoms with van der Waals surface area (Å²) in [5.74, 6) is 0.727. The van der Waals surface area contributed by atoms with Crippen LogP contribution in [0.2, 0.25) is 5.02 Å². The van der Waals surface area contributed by atoms with Crippen LogP contribution in [-0.4, -0.2) is 35.1 Å². The van der Waals surface area contributed by atoms with Gasteiger partial charge in [-0.2, -0.15) is 0 Å². The minimum Gasteiger partial charge on any atom is -0.480 e. The monoisotopic (exact) mass is 371 g/mol. The van der Waals surface area contributed by atoms with Crippen LogP contribution in [0.15, 0.2) is 42.5 Å². The van der Waals surface area contributed by atoms with E-state index in [2.05, 4.69) is 0 Å². The van der Waals surface area contributed by atoms with Crippen molar-refractivity contribution in [3.05, 3.63) is 64.2 Å². The Morgan fingerprint density at radius 2 is 2.00 bits per heavy atom. The second kappa shape index (κ2) is 6.60. The number of rotatable bonds is 2. The third-order valence-corrected chi connectivity index (χ3v) is 5.67. The maximum absolute atomic E-state index is 12.8. The van der Waals surface area contributed by atoms with Crippen LogP contribution in [0.4, 0.5) is 0 Å². The quantitative estimate of drug-likeness (QED) is 0.879. The first-order chi connectivity index (χ1) is 12.4. The second-order valence-electron chi connectivity index (χ2n) is 7.29. The van der Waals surface area contributed by atoms with Crippen molar-refractivity contribution in [3.63, 3.8) is 0 Å². The van der Waals surface area contributed by atoms with Crippen molar-refractivity contribution >= 4 is 17.5 Å². The van der Waals surface area contributed by atoms with E-state index < -0.39 is 11.7 Å². The summed E-state index contributed by atoms with van der Waals surface area (Å²) in [6.45, 7) is 3.08. The molecule has 1 atom stereocenters. The van der Waals surface area contributed by atoms with Gasteiger partial charge < -0.3 is 14.7 Å². The van der Waals surface area contributed by atoms with E-state index in [-0.39, 0.29) is 5.91 Å². The maximum Gasteiger partial charge on any atom is 0.263 e. The minimum atomic E-state index is -0.865. The number of hydrogen-bond donors (Lipinski definition) is 1. The van der Waals surface area contributed by atoms with Crippen LogP contribution in [-0.2, 0) is 16.8 Å². The summed E-state index contributed by atoms with van der Waals surface area (Å²) in [7, 11) is 0. The molecule has 0 aliphatic carbocycles. The Labute approximate surface area is 158 Å². The Balaban J connectivity index is 1.41. The number of amides is 1. The first-order valence-electron chi connectivity index (χ1n) is 8.98. The standard InChI is InChI=1S/C21H22ClNO3/c1-14-3-2-4-16(11-14)21(25)7-9-23(10-8-21)20(24)19-13-15-12-17(22)5-6-18(15)26-19/h2-6,11-12,19,25H,7-10,13H2,1H3/t19-/m0/s1. The molecule has 2 heterocycles. The number of halogens is 1. The van der Waals surface area contributed by atoms with Gasteiger partial charge in [0.1, 0.15) is 5.75 Å². The number of aliphatic hydroxyl groups is 1. The fourth-order valence-corrected chi connectivity index (χ4v) is 4.07. The molecule has 2 aromatic carbocycles. The lowest BCUT2D eigenvalue weighted by Gasteiger charge is -2.39. The van der Waals surface area contributed by atoms with Crippen molar-refractivity contribution in [2.75, 3.05) is 13.1 Å². The topological polar surface area (TPSA) is 49.8 Å². The van der Waals surface area contributed by atoms with Crippen molar-refractivity contribution in [1.29, 1.82) is 0 Å². The largest absolute Gasteiger partial charge is 0.480 e. The van der Waals surface area contributed by atoms with Gasteiger partial charge in [-0.05, 0) is 49.1 Å². The van der Waals surface area contributed by atoms with Gasteiger partial charge in [-0.25, -0.2) is 0 Å². The fourth-order valence-electron chi connectivity index (χ4n) is 3.88. The van der Waals surface area contributed by atoms with E-state index in [0.29, 0.717) is 37.4 Å². The van der Waals surface area contributed by atoms with Crippen LogP contribution in [0, 0.1) is 6.92 Å². The number of benzene rings is 2. The average Bonchev–Trinajstić information content (AvgIpc) is 3.05. The molecule has 1 fully saturated rings. The van der Waals surface area contributed by atoms with Gasteiger partial charge in [0.05, 0.1) is 5.60 Å². The number of likely N-dealkylation sites (tertiary alicyclic amines) is 1. The van der Waals surface area contributed by atoms with Crippen LogP contribution in [0.5, 0.6) is 5.75 Å². The van der Waals surface area contributed by atoms with E-state index in [1.54, 1.807) is 6.07 Å². The molecule has 0 bridgehead atoms. The summed E-state index contributed by atoms with van der Waals surface area (Å²) in [4.78, 5) is 14.6. The zero-order valence-electron chi connectivity index (χ0n) is 14.7. The molecule has 4 nitrogen and oxygen atoms in total. The average molecular weight is 372 g/mol. The Morgan fingerprint density at radius 1 is 1.23 bits per heavy atom. The molecule has 5 heteroatoms. The number of aryl methyl sites for hydroxylation is 1. The highest BCUT2D eigenvalue weighted by Crippen LogP contribution is 2.35. The molecule has 0 saturated carbocycles. The van der Waals surface area contributed by atoms with Crippen LogP contribution >= 0.6 is 11.6 Å². The summed E-state index contributed by atoms with van der Waals surface area (Å²) in [5, 5.41) is 11.7. The molecular weight excluding hydrogens is 350 g/mol. The Morgan fingerprint density at radius 3 is 2.73 bits per heavy atom. The molecule has 2 aliphatic rings. The van der Waals surface area contributed by atoms with Gasteiger partial charge in [0.2, 0.25) is 0 Å². The molecule has 1 saturated heterocycles. The molecule has 4 rings (SSSR count). The van der Waals surface area contributed by atoms with Crippen molar-refractivity contribution < 1.29 is 14.6 Å². The number of fused-ring (bicyclic) bond motifs is 1. The number of carbonyl (C=O) groups excluding carboxylic acids is 1. The highest BCUT2D eigenvalue weighted by molar-refractivity contribution is 6.30. The van der Waals surface area contributed by atoms with E-state index >= 15 is 0 Å². The molecule has 0 radical (unpaired) electrons. The van der Waals surface area contributed by atoms with Crippen LogP contribution < -0.4 is 4.74 Å². The van der Waals surface area contributed by atoms with E-state index in [1.807, 2.05) is 48.2 Å². The molecule has 2 aliphatic heterocycles. The van der Waals surface area contributed by atoms with Crippen LogP contribution in [0.25, 0.3) is 0 Å². The van der Waals surface area contributed by atoms with Crippen molar-refractivity contribution in [2.45, 2.75) is 37.9 Å². The number of piperidine rings is 1. The number of ether oxygens (including phenoxy) is 1. The van der Waals surface area contributed by atoms with Gasteiger partial charge in [-0.3, -0.25) is 4.79 Å². The summed E-state index contributed by atoms with van der Waals surface area (Å²) in [6.07, 6.45) is 1.13. The third-order valence-electron chi connectivity index (χ3n) is 5.43. The van der Waals surface area contributed by atoms with Crippen molar-refractivity contribution in [3.8, 4) is 5.75 Å². The normalized spacial score (nSPS) is 21.2. The fraction of sp³-hybridized carbons (Fsp3) is 0.381. The van der Waals surface area contributed by atoms with E-state index in [9.17, 15) is 9.90 Å². The lowest BCUT2D eigenvalue weighted by molar-refractivity contribution is -0.142. The van der Waals surface area contributed by atoms with E-state index in [4.69, 9.17) is 16.3 Å². The Hall–Kier alpha value is -2.04. The lowest BCUT2D eigenvalue weighted by atomic mass is 9.83. The Bertz CT molecular complexity index is 843. The first-order valence-corrected chi connectivity index (χ1v) is 9.36. The Kier molecular flexibility index (Phi) is 4.41. The molecule has 0 aromatic heterocycles. The highest BCUT2D eigenvalue weighted by Gasteiger charge is 2.39. The predicted octanol–water partition coefficient (Wildman–Crippen LogP) is 3.46. The summed E-state index contributed by atoms with van der Waals surface area (Å²) in [6, 6.07) is 13.4. The van der Waals surface area contributed by atoms with Crippen LogP contribution in [0.1, 0.15) is 29.5 Å². The highest BCUT2D eigenvalue weighted by atomic mass is 35.5. The number of hydrogen-bond acceptors (Lipinski definition) is 3. The summed E-state index contributed by atoms with van der Waals surface area (Å²) < 4.78 is 5.82. The number of nitrogens with zero attached hydrogens (tertiary/aromatic N) is 1. The smallest absolute Gasteiger partial charge is 0.263 e. The SMILES string of the molecule is Cc1cccc(C2(O)CCN(C(=O)[C@@H]3Cc4cc(Cl)ccc4O3)CC2)c1. The van der Waals surface area contributed by atoms with Crippen molar-refractivity contribution in [2.24, 2.45) is 0 Å². The maximum atomic E-state index is 12.8. The lowest BCUT2D eigenvalue weighted by Crippen LogP contribution is -2.49. The molecular formula is C21H22ClNO3. The second-order valence-corrected chi connectivity index (χ2v) is 7.73. The van der Waals surface area contributed by atoms with E-state index in [0.717, 1.165) is 22.4 Å². The molecule has 1 N–H and O–H groups in total. The third kappa shape index (κ3) is 3.19. The van der Waals surface area contributed by atoms with E-state index in [1.165, 1.54) is 0 Å². The molecule has 1 amide bonds. The van der Waals surface area contributed by atoms with Gasteiger partial charge in [0.15, 0.2) is 6.10 Å². The van der Waals surface area contributed by atoms with Gasteiger partial charge in [0.25, 0.3) is 5.91 Å². The van der Waals surface area contributed by atoms with Gasteiger partial charge in [-0.1, -0.05) is 41.4 Å². The zero-order valence-corrected chi connectivity index (χ0v) is 15.5. The van der Waals surface area contributed by atoms with Crippen molar-refractivity contribution in [1.82, 2.24) is 4.90 Å². The minimum absolute atomic E-state index is 0.0105. The van der Waals surface area contributed by atoms with Crippen LogP contribution in [0.3, 0.4) is 0 Å². The summed E-state index contributed by atoms with van der Waals surface area (Å²) >= 11 is 6.02. The summed E-state index contributed by atoms with van der Waals surface area (Å²) in [5.41, 5.74) is 2.17.